The first-order valence-corrected chi connectivity index (χ1v) is 8.24. The monoisotopic (exact) mass is 343 g/mol. The van der Waals surface area contributed by atoms with Crippen LogP contribution in [0.1, 0.15) is 6.42 Å². The maximum atomic E-state index is 13.3. The van der Waals surface area contributed by atoms with Crippen LogP contribution in [0.3, 0.4) is 0 Å². The normalized spacial score (nSPS) is 11.4. The number of aromatic nitrogens is 3. The van der Waals surface area contributed by atoms with Crippen LogP contribution < -0.4 is 5.32 Å². The number of hydrogen-bond acceptors (Lipinski definition) is 3. The van der Waals surface area contributed by atoms with Gasteiger partial charge in [-0.1, -0.05) is 0 Å². The molecule has 0 aliphatic carbocycles. The van der Waals surface area contributed by atoms with Crippen molar-refractivity contribution in [3.63, 3.8) is 0 Å². The highest BCUT2D eigenvalue weighted by molar-refractivity contribution is 5.95. The fourth-order valence-electron chi connectivity index (χ4n) is 2.69. The van der Waals surface area contributed by atoms with Gasteiger partial charge in [-0.2, -0.15) is 5.10 Å². The molecule has 0 saturated heterocycles. The van der Waals surface area contributed by atoms with Gasteiger partial charge in [-0.05, 0) is 32.3 Å². The van der Waals surface area contributed by atoms with Crippen molar-refractivity contribution in [2.45, 2.75) is 13.0 Å². The van der Waals surface area contributed by atoms with Gasteiger partial charge < -0.3 is 15.2 Å². The van der Waals surface area contributed by atoms with Gasteiger partial charge in [-0.3, -0.25) is 9.48 Å². The molecule has 1 aromatic carbocycles. The van der Waals surface area contributed by atoms with Crippen LogP contribution in [0.2, 0.25) is 0 Å². The molecule has 3 aromatic rings. The van der Waals surface area contributed by atoms with Crippen molar-refractivity contribution >= 4 is 16.8 Å². The van der Waals surface area contributed by atoms with Gasteiger partial charge in [-0.25, -0.2) is 4.39 Å². The van der Waals surface area contributed by atoms with Gasteiger partial charge in [0.1, 0.15) is 5.82 Å². The average Bonchev–Trinajstić information content (AvgIpc) is 3.18. The Labute approximate surface area is 145 Å². The third kappa shape index (κ3) is 4.24. The molecule has 0 atom stereocenters. The summed E-state index contributed by atoms with van der Waals surface area (Å²) >= 11 is 0. The summed E-state index contributed by atoms with van der Waals surface area (Å²) in [5.74, 6) is -0.252. The second-order valence-corrected chi connectivity index (χ2v) is 6.29. The number of benzene rings is 1. The van der Waals surface area contributed by atoms with E-state index in [1.54, 1.807) is 16.9 Å². The van der Waals surface area contributed by atoms with E-state index in [0.29, 0.717) is 19.5 Å². The van der Waals surface area contributed by atoms with Crippen molar-refractivity contribution in [3.8, 4) is 11.1 Å². The predicted molar refractivity (Wildman–Crippen MR) is 95.7 cm³/mol. The first-order chi connectivity index (χ1) is 12.0. The number of likely N-dealkylation sites (N-methyl/N-ethyl adjacent to an activating group) is 1. The number of aromatic amines is 1. The first kappa shape index (κ1) is 17.2. The number of fused-ring (bicyclic) bond motifs is 1. The third-order valence-corrected chi connectivity index (χ3v) is 4.04. The summed E-state index contributed by atoms with van der Waals surface area (Å²) in [6, 6.07) is 4.68. The summed E-state index contributed by atoms with van der Waals surface area (Å²) in [5, 5.41) is 8.15. The van der Waals surface area contributed by atoms with Crippen LogP contribution in [0, 0.1) is 5.82 Å². The maximum absolute atomic E-state index is 13.3. The molecule has 3 rings (SSSR count). The van der Waals surface area contributed by atoms with Crippen LogP contribution in [0.25, 0.3) is 22.0 Å². The molecule has 0 unspecified atom stereocenters. The number of rotatable bonds is 7. The van der Waals surface area contributed by atoms with Crippen LogP contribution in [0.4, 0.5) is 4.39 Å². The molecule has 0 aliphatic rings. The van der Waals surface area contributed by atoms with Crippen molar-refractivity contribution in [3.05, 3.63) is 42.6 Å². The Morgan fingerprint density at radius 1 is 1.40 bits per heavy atom. The van der Waals surface area contributed by atoms with E-state index in [1.807, 2.05) is 31.4 Å². The summed E-state index contributed by atoms with van der Waals surface area (Å²) < 4.78 is 15.0. The fraction of sp³-hybridized carbons (Fsp3) is 0.333. The van der Waals surface area contributed by atoms with Crippen LogP contribution in [0.15, 0.2) is 36.8 Å². The molecule has 0 radical (unpaired) electrons. The predicted octanol–water partition coefficient (Wildman–Crippen LogP) is 2.24. The number of aryl methyl sites for hydroxylation is 1. The van der Waals surface area contributed by atoms with Gasteiger partial charge >= 0.3 is 0 Å². The Hall–Kier alpha value is -2.67. The zero-order valence-electron chi connectivity index (χ0n) is 14.4. The highest BCUT2D eigenvalue weighted by Crippen LogP contribution is 2.28. The number of carbonyl (C=O) groups is 1. The standard InChI is InChI=1S/C18H22FN5O/c1-23(2)8-6-20-18(25)5-7-24-12-13(10-22-24)16-11-21-17-9-14(19)3-4-15(16)17/h3-4,9-12,21H,5-8H2,1-2H3,(H,20,25). The summed E-state index contributed by atoms with van der Waals surface area (Å²) in [4.78, 5) is 16.9. The maximum Gasteiger partial charge on any atom is 0.221 e. The van der Waals surface area contributed by atoms with E-state index in [1.165, 1.54) is 12.1 Å². The number of nitrogens with one attached hydrogen (secondary N) is 2. The molecule has 2 heterocycles. The van der Waals surface area contributed by atoms with E-state index in [-0.39, 0.29) is 11.7 Å². The Bertz CT molecular complexity index is 867. The van der Waals surface area contributed by atoms with Gasteiger partial charge in [0, 0.05) is 60.5 Å². The van der Waals surface area contributed by atoms with Crippen LogP contribution >= 0.6 is 0 Å². The molecule has 0 fully saturated rings. The smallest absolute Gasteiger partial charge is 0.221 e. The van der Waals surface area contributed by atoms with E-state index in [2.05, 4.69) is 15.4 Å². The second-order valence-electron chi connectivity index (χ2n) is 6.29. The van der Waals surface area contributed by atoms with Gasteiger partial charge in [0.05, 0.1) is 6.20 Å². The molecular formula is C18H22FN5O. The van der Waals surface area contributed by atoms with E-state index >= 15 is 0 Å². The Morgan fingerprint density at radius 2 is 2.24 bits per heavy atom. The molecule has 2 N–H and O–H groups in total. The highest BCUT2D eigenvalue weighted by Gasteiger charge is 2.10. The number of nitrogens with zero attached hydrogens (tertiary/aromatic N) is 3. The summed E-state index contributed by atoms with van der Waals surface area (Å²) in [6.45, 7) is 1.98. The minimum absolute atomic E-state index is 0.0152. The fourth-order valence-corrected chi connectivity index (χ4v) is 2.69. The summed E-state index contributed by atoms with van der Waals surface area (Å²) in [5.41, 5.74) is 2.66. The lowest BCUT2D eigenvalue weighted by atomic mass is 10.1. The highest BCUT2D eigenvalue weighted by atomic mass is 19.1. The first-order valence-electron chi connectivity index (χ1n) is 8.24. The molecule has 0 spiro atoms. The number of halogens is 1. The Kier molecular flexibility index (Phi) is 5.14. The van der Waals surface area contributed by atoms with Crippen LogP contribution in [0.5, 0.6) is 0 Å². The van der Waals surface area contributed by atoms with E-state index in [9.17, 15) is 9.18 Å². The molecule has 7 heteroatoms. The van der Waals surface area contributed by atoms with E-state index in [4.69, 9.17) is 0 Å². The molecule has 0 aliphatic heterocycles. The molecule has 2 aromatic heterocycles. The average molecular weight is 343 g/mol. The zero-order chi connectivity index (χ0) is 17.8. The molecule has 25 heavy (non-hydrogen) atoms. The lowest BCUT2D eigenvalue weighted by molar-refractivity contribution is -0.121. The topological polar surface area (TPSA) is 66.0 Å². The summed E-state index contributed by atoms with van der Waals surface area (Å²) in [7, 11) is 3.94. The molecule has 0 saturated carbocycles. The van der Waals surface area contributed by atoms with Crippen molar-refractivity contribution in [2.24, 2.45) is 0 Å². The van der Waals surface area contributed by atoms with Gasteiger partial charge in [0.2, 0.25) is 5.91 Å². The SMILES string of the molecule is CN(C)CCNC(=O)CCn1cc(-c2c[nH]c3cc(F)ccc23)cn1. The number of hydrogen-bond donors (Lipinski definition) is 2. The minimum atomic E-state index is -0.267. The molecule has 1 amide bonds. The molecule has 132 valence electrons. The van der Waals surface area contributed by atoms with Gasteiger partial charge in [-0.15, -0.1) is 0 Å². The van der Waals surface area contributed by atoms with E-state index < -0.39 is 0 Å². The Morgan fingerprint density at radius 3 is 3.04 bits per heavy atom. The molecular weight excluding hydrogens is 321 g/mol. The number of amides is 1. The second kappa shape index (κ2) is 7.48. The van der Waals surface area contributed by atoms with Gasteiger partial charge in [0.25, 0.3) is 0 Å². The quantitative estimate of drug-likeness (QED) is 0.691. The number of H-pyrrole nitrogens is 1. The lowest BCUT2D eigenvalue weighted by Gasteiger charge is -2.10. The van der Waals surface area contributed by atoms with E-state index in [0.717, 1.165) is 28.6 Å². The van der Waals surface area contributed by atoms with Crippen LogP contribution in [-0.2, 0) is 11.3 Å². The largest absolute Gasteiger partial charge is 0.360 e. The Balaban J connectivity index is 1.61. The van der Waals surface area contributed by atoms with Gasteiger partial charge in [0.15, 0.2) is 0 Å². The van der Waals surface area contributed by atoms with Crippen molar-refractivity contribution in [1.82, 2.24) is 25.0 Å². The minimum Gasteiger partial charge on any atom is -0.360 e. The molecule has 6 nitrogen and oxygen atoms in total. The zero-order valence-corrected chi connectivity index (χ0v) is 14.4. The van der Waals surface area contributed by atoms with Crippen molar-refractivity contribution < 1.29 is 9.18 Å². The van der Waals surface area contributed by atoms with Crippen molar-refractivity contribution in [1.29, 1.82) is 0 Å². The molecule has 0 bridgehead atoms. The van der Waals surface area contributed by atoms with Crippen molar-refractivity contribution in [2.75, 3.05) is 27.2 Å². The summed E-state index contributed by atoms with van der Waals surface area (Å²) in [6.07, 6.45) is 5.89. The van der Waals surface area contributed by atoms with Crippen LogP contribution in [-0.4, -0.2) is 52.8 Å². The third-order valence-electron chi connectivity index (χ3n) is 4.04. The lowest BCUT2D eigenvalue weighted by Crippen LogP contribution is -2.31. The number of carbonyl (C=O) groups excluding carboxylic acids is 1.